The van der Waals surface area contributed by atoms with E-state index < -0.39 is 10.0 Å². The maximum atomic E-state index is 12.4. The molecule has 1 saturated heterocycles. The molecule has 0 saturated carbocycles. The molecule has 0 bridgehead atoms. The summed E-state index contributed by atoms with van der Waals surface area (Å²) in [5, 5.41) is 0. The molecule has 0 spiro atoms. The third-order valence-corrected chi connectivity index (χ3v) is 6.19. The van der Waals surface area contributed by atoms with E-state index in [-0.39, 0.29) is 10.9 Å². The Morgan fingerprint density at radius 2 is 2.05 bits per heavy atom. The molecule has 5 nitrogen and oxygen atoms in total. The molecule has 7 heteroatoms. The maximum Gasteiger partial charge on any atom is 0.241 e. The topological polar surface area (TPSA) is 75.4 Å². The first kappa shape index (κ1) is 16.7. The van der Waals surface area contributed by atoms with Crippen molar-refractivity contribution in [3.63, 3.8) is 0 Å². The van der Waals surface area contributed by atoms with Crippen molar-refractivity contribution in [2.45, 2.75) is 37.1 Å². The highest BCUT2D eigenvalue weighted by Crippen LogP contribution is 2.25. The number of piperidine rings is 1. The Morgan fingerprint density at radius 3 is 2.62 bits per heavy atom. The van der Waals surface area contributed by atoms with Gasteiger partial charge in [-0.15, -0.1) is 0 Å². The molecule has 21 heavy (non-hydrogen) atoms. The minimum atomic E-state index is -3.51. The second-order valence-corrected chi connectivity index (χ2v) is 7.96. The van der Waals surface area contributed by atoms with Crippen molar-refractivity contribution in [3.8, 4) is 0 Å². The molecule has 1 fully saturated rings. The van der Waals surface area contributed by atoms with Gasteiger partial charge in [0.1, 0.15) is 0 Å². The molecule has 1 aromatic carbocycles. The van der Waals surface area contributed by atoms with Crippen LogP contribution in [0.3, 0.4) is 0 Å². The van der Waals surface area contributed by atoms with E-state index in [1.54, 1.807) is 12.1 Å². The zero-order chi connectivity index (χ0) is 15.5. The van der Waals surface area contributed by atoms with Gasteiger partial charge in [-0.1, -0.05) is 6.92 Å². The SMILES string of the molecule is CCCN1CCC(NS(=O)(=O)c2ccc(N)cc2Br)CC1. The molecule has 3 N–H and O–H groups in total. The second-order valence-electron chi connectivity index (χ2n) is 5.43. The standard InChI is InChI=1S/C14H22BrN3O2S/c1-2-7-18-8-5-12(6-9-18)17-21(19,20)14-4-3-11(16)10-13(14)15/h3-4,10,12,17H,2,5-9,16H2,1H3. The summed E-state index contributed by atoms with van der Waals surface area (Å²) < 4.78 is 28.2. The summed E-state index contributed by atoms with van der Waals surface area (Å²) in [5.41, 5.74) is 6.18. The molecule has 0 aliphatic carbocycles. The Hall–Kier alpha value is -0.630. The number of nitrogen functional groups attached to an aromatic ring is 1. The second kappa shape index (κ2) is 7.09. The molecule has 118 valence electrons. The van der Waals surface area contributed by atoms with Crippen LogP contribution in [0.25, 0.3) is 0 Å². The normalized spacial score (nSPS) is 18.0. The van der Waals surface area contributed by atoms with Gasteiger partial charge in [0, 0.05) is 16.2 Å². The number of benzene rings is 1. The fourth-order valence-electron chi connectivity index (χ4n) is 2.61. The van der Waals surface area contributed by atoms with Gasteiger partial charge in [0.25, 0.3) is 0 Å². The van der Waals surface area contributed by atoms with E-state index in [4.69, 9.17) is 5.73 Å². The van der Waals surface area contributed by atoms with Crippen molar-refractivity contribution in [2.24, 2.45) is 0 Å². The number of nitrogens with zero attached hydrogens (tertiary/aromatic N) is 1. The van der Waals surface area contributed by atoms with Gasteiger partial charge >= 0.3 is 0 Å². The lowest BCUT2D eigenvalue weighted by Gasteiger charge is -2.31. The molecule has 0 atom stereocenters. The van der Waals surface area contributed by atoms with Crippen LogP contribution < -0.4 is 10.5 Å². The Morgan fingerprint density at radius 1 is 1.38 bits per heavy atom. The number of likely N-dealkylation sites (tertiary alicyclic amines) is 1. The third kappa shape index (κ3) is 4.42. The molecule has 1 aliphatic rings. The highest BCUT2D eigenvalue weighted by atomic mass is 79.9. The van der Waals surface area contributed by atoms with Crippen LogP contribution in [-0.2, 0) is 10.0 Å². The van der Waals surface area contributed by atoms with E-state index in [9.17, 15) is 8.42 Å². The minimum Gasteiger partial charge on any atom is -0.399 e. The number of sulfonamides is 1. The first-order chi connectivity index (χ1) is 9.92. The molecular formula is C14H22BrN3O2S. The van der Waals surface area contributed by atoms with Crippen LogP contribution in [0.1, 0.15) is 26.2 Å². The molecule has 0 radical (unpaired) electrons. The fraction of sp³-hybridized carbons (Fsp3) is 0.571. The van der Waals surface area contributed by atoms with Crippen LogP contribution in [0, 0.1) is 0 Å². The first-order valence-corrected chi connectivity index (χ1v) is 9.49. The number of hydrogen-bond donors (Lipinski definition) is 2. The lowest BCUT2D eigenvalue weighted by atomic mass is 10.1. The summed E-state index contributed by atoms with van der Waals surface area (Å²) in [7, 11) is -3.51. The van der Waals surface area contributed by atoms with Crippen molar-refractivity contribution in [2.75, 3.05) is 25.4 Å². The number of nitrogens with one attached hydrogen (secondary N) is 1. The van der Waals surface area contributed by atoms with E-state index in [1.165, 1.54) is 6.07 Å². The highest BCUT2D eigenvalue weighted by Gasteiger charge is 2.25. The van der Waals surface area contributed by atoms with Gasteiger partial charge in [-0.2, -0.15) is 0 Å². The van der Waals surface area contributed by atoms with E-state index in [2.05, 4.69) is 32.5 Å². The molecular weight excluding hydrogens is 354 g/mol. The third-order valence-electron chi connectivity index (χ3n) is 3.69. The van der Waals surface area contributed by atoms with Gasteiger partial charge < -0.3 is 10.6 Å². The van der Waals surface area contributed by atoms with Gasteiger partial charge in [0.2, 0.25) is 10.0 Å². The molecule has 0 amide bonds. The first-order valence-electron chi connectivity index (χ1n) is 7.22. The van der Waals surface area contributed by atoms with E-state index in [0.29, 0.717) is 10.2 Å². The summed E-state index contributed by atoms with van der Waals surface area (Å²) in [6.07, 6.45) is 2.84. The van der Waals surface area contributed by atoms with Gasteiger partial charge in [-0.25, -0.2) is 13.1 Å². The van der Waals surface area contributed by atoms with Crippen LogP contribution >= 0.6 is 15.9 Å². The Kier molecular flexibility index (Phi) is 5.65. The number of rotatable bonds is 5. The quantitative estimate of drug-likeness (QED) is 0.773. The van der Waals surface area contributed by atoms with Crippen molar-refractivity contribution in [1.82, 2.24) is 9.62 Å². The minimum absolute atomic E-state index is 0.00700. The van der Waals surface area contributed by atoms with Crippen LogP contribution in [0.4, 0.5) is 5.69 Å². The van der Waals surface area contributed by atoms with E-state index in [1.807, 2.05) is 0 Å². The molecule has 2 rings (SSSR count). The van der Waals surface area contributed by atoms with Crippen molar-refractivity contribution in [1.29, 1.82) is 0 Å². The Labute approximate surface area is 135 Å². The summed E-state index contributed by atoms with van der Waals surface area (Å²) in [6.45, 7) is 5.14. The molecule has 0 unspecified atom stereocenters. The van der Waals surface area contributed by atoms with Gasteiger partial charge in [-0.05, 0) is 73.0 Å². The number of hydrogen-bond acceptors (Lipinski definition) is 4. The summed E-state index contributed by atoms with van der Waals surface area (Å²) in [6, 6.07) is 4.75. The molecule has 0 aromatic heterocycles. The summed E-state index contributed by atoms with van der Waals surface area (Å²) >= 11 is 3.27. The number of nitrogens with two attached hydrogens (primary N) is 1. The summed E-state index contributed by atoms with van der Waals surface area (Å²) in [5.74, 6) is 0. The zero-order valence-electron chi connectivity index (χ0n) is 12.2. The number of halogens is 1. The highest BCUT2D eigenvalue weighted by molar-refractivity contribution is 9.10. The van der Waals surface area contributed by atoms with Crippen molar-refractivity contribution >= 4 is 31.6 Å². The van der Waals surface area contributed by atoms with Gasteiger partial charge in [-0.3, -0.25) is 0 Å². The molecule has 1 aromatic rings. The van der Waals surface area contributed by atoms with Crippen LogP contribution in [0.5, 0.6) is 0 Å². The Bertz CT molecular complexity index is 584. The predicted octanol–water partition coefficient (Wildman–Crippen LogP) is 2.18. The van der Waals surface area contributed by atoms with Crippen molar-refractivity contribution in [3.05, 3.63) is 22.7 Å². The summed E-state index contributed by atoms with van der Waals surface area (Å²) in [4.78, 5) is 2.62. The molecule has 1 heterocycles. The Balaban J connectivity index is 2.02. The van der Waals surface area contributed by atoms with Crippen molar-refractivity contribution < 1.29 is 8.42 Å². The fourth-order valence-corrected chi connectivity index (χ4v) is 5.01. The van der Waals surface area contributed by atoms with Crippen LogP contribution in [0.2, 0.25) is 0 Å². The van der Waals surface area contributed by atoms with Gasteiger partial charge in [0.05, 0.1) is 4.90 Å². The zero-order valence-corrected chi connectivity index (χ0v) is 14.6. The average molecular weight is 376 g/mol. The van der Waals surface area contributed by atoms with Crippen LogP contribution in [0.15, 0.2) is 27.6 Å². The van der Waals surface area contributed by atoms with E-state index >= 15 is 0 Å². The van der Waals surface area contributed by atoms with E-state index in [0.717, 1.165) is 38.9 Å². The lowest BCUT2D eigenvalue weighted by molar-refractivity contribution is 0.208. The van der Waals surface area contributed by atoms with Gasteiger partial charge in [0.15, 0.2) is 0 Å². The smallest absolute Gasteiger partial charge is 0.241 e. The maximum absolute atomic E-state index is 12.4. The monoisotopic (exact) mass is 375 g/mol. The molecule has 1 aliphatic heterocycles. The largest absolute Gasteiger partial charge is 0.399 e. The predicted molar refractivity (Wildman–Crippen MR) is 88.6 cm³/mol. The average Bonchev–Trinajstić information content (AvgIpc) is 2.40. The lowest BCUT2D eigenvalue weighted by Crippen LogP contribution is -2.44. The van der Waals surface area contributed by atoms with Crippen LogP contribution in [-0.4, -0.2) is 39.0 Å². The number of anilines is 1.